The van der Waals surface area contributed by atoms with Crippen LogP contribution in [0.5, 0.6) is 0 Å². The van der Waals surface area contributed by atoms with Gasteiger partial charge in [-0.15, -0.1) is 0 Å². The van der Waals surface area contributed by atoms with Gasteiger partial charge in [0.05, 0.1) is 5.56 Å². The predicted octanol–water partition coefficient (Wildman–Crippen LogP) is 3.73. The lowest BCUT2D eigenvalue weighted by Gasteiger charge is -2.35. The maximum absolute atomic E-state index is 10.8. The van der Waals surface area contributed by atoms with Gasteiger partial charge in [0.1, 0.15) is 5.84 Å². The molecule has 0 saturated carbocycles. The van der Waals surface area contributed by atoms with E-state index in [4.69, 9.17) is 5.11 Å². The second kappa shape index (κ2) is 7.20. The third-order valence-electron chi connectivity index (χ3n) is 3.39. The largest absolute Gasteiger partial charge is 0.478 e. The van der Waals surface area contributed by atoms with Crippen molar-refractivity contribution in [2.45, 2.75) is 52.5 Å². The minimum atomic E-state index is -0.976. The molecule has 0 fully saturated rings. The van der Waals surface area contributed by atoms with Crippen LogP contribution < -0.4 is 0 Å². The Morgan fingerprint density at radius 1 is 1.38 bits per heavy atom. The molecule has 0 bridgehead atoms. The number of amidine groups is 1. The molecule has 1 heterocycles. The van der Waals surface area contributed by atoms with Crippen LogP contribution >= 0.6 is 0 Å². The van der Waals surface area contributed by atoms with Crippen LogP contribution in [0.4, 0.5) is 5.82 Å². The van der Waals surface area contributed by atoms with Gasteiger partial charge in [-0.3, -0.25) is 0 Å². The molecule has 0 saturated heterocycles. The molecule has 0 radical (unpaired) electrons. The van der Waals surface area contributed by atoms with Crippen LogP contribution in [-0.4, -0.2) is 39.4 Å². The summed E-state index contributed by atoms with van der Waals surface area (Å²) >= 11 is 0. The summed E-state index contributed by atoms with van der Waals surface area (Å²) in [6, 6.07) is 3.18. The maximum atomic E-state index is 10.8. The quantitative estimate of drug-likeness (QED) is 0.663. The fraction of sp³-hybridized carbons (Fsp3) is 0.562. The standard InChI is InChI=1S/C16H25N3O2/c1-6-7-8-14(19(5)16(2,3)4)18-13-10-9-12(11-17-13)15(20)21/h9-11H,6-8H2,1-5H3,(H,20,21). The van der Waals surface area contributed by atoms with Gasteiger partial charge < -0.3 is 10.0 Å². The highest BCUT2D eigenvalue weighted by molar-refractivity contribution is 5.88. The van der Waals surface area contributed by atoms with Crippen molar-refractivity contribution in [3.63, 3.8) is 0 Å². The lowest BCUT2D eigenvalue weighted by molar-refractivity contribution is 0.0696. The molecule has 0 aromatic carbocycles. The highest BCUT2D eigenvalue weighted by Gasteiger charge is 2.20. The number of aromatic nitrogens is 1. The molecule has 5 heteroatoms. The van der Waals surface area contributed by atoms with E-state index in [-0.39, 0.29) is 11.1 Å². The Hall–Kier alpha value is -1.91. The van der Waals surface area contributed by atoms with Gasteiger partial charge in [-0.2, -0.15) is 0 Å². The summed E-state index contributed by atoms with van der Waals surface area (Å²) in [4.78, 5) is 21.7. The van der Waals surface area contributed by atoms with Gasteiger partial charge in [0.25, 0.3) is 0 Å². The van der Waals surface area contributed by atoms with Crippen molar-refractivity contribution < 1.29 is 9.90 Å². The summed E-state index contributed by atoms with van der Waals surface area (Å²) in [7, 11) is 2.03. The zero-order chi connectivity index (χ0) is 16.0. The number of aromatic carboxylic acids is 1. The molecule has 5 nitrogen and oxygen atoms in total. The third kappa shape index (κ3) is 5.17. The zero-order valence-electron chi connectivity index (χ0n) is 13.6. The SMILES string of the molecule is CCCCC(=Nc1ccc(C(=O)O)cn1)N(C)C(C)(C)C. The number of aliphatic imine (C=N–C) groups is 1. The monoisotopic (exact) mass is 291 g/mol. The maximum Gasteiger partial charge on any atom is 0.337 e. The Labute approximate surface area is 126 Å². The van der Waals surface area contributed by atoms with Gasteiger partial charge in [-0.25, -0.2) is 14.8 Å². The van der Waals surface area contributed by atoms with Crippen molar-refractivity contribution in [1.29, 1.82) is 0 Å². The van der Waals surface area contributed by atoms with Crippen molar-refractivity contribution in [3.8, 4) is 0 Å². The molecule has 0 aliphatic rings. The minimum absolute atomic E-state index is 0.0203. The fourth-order valence-electron chi connectivity index (χ4n) is 1.73. The van der Waals surface area contributed by atoms with Gasteiger partial charge in [-0.1, -0.05) is 13.3 Å². The van der Waals surface area contributed by atoms with E-state index < -0.39 is 5.97 Å². The van der Waals surface area contributed by atoms with Gasteiger partial charge in [0.2, 0.25) is 0 Å². The van der Waals surface area contributed by atoms with Crippen molar-refractivity contribution in [3.05, 3.63) is 23.9 Å². The normalized spacial score (nSPS) is 12.3. The van der Waals surface area contributed by atoms with E-state index in [9.17, 15) is 4.79 Å². The molecule has 1 aromatic rings. The lowest BCUT2D eigenvalue weighted by Crippen LogP contribution is -2.42. The highest BCUT2D eigenvalue weighted by Crippen LogP contribution is 2.18. The second-order valence-corrected chi connectivity index (χ2v) is 6.07. The molecular formula is C16H25N3O2. The molecule has 116 valence electrons. The summed E-state index contributed by atoms with van der Waals surface area (Å²) in [6.07, 6.45) is 4.39. The topological polar surface area (TPSA) is 65.8 Å². The molecule has 1 rings (SSSR count). The molecule has 0 amide bonds. The van der Waals surface area contributed by atoms with Crippen molar-refractivity contribution >= 4 is 17.6 Å². The van der Waals surface area contributed by atoms with E-state index in [1.807, 2.05) is 7.05 Å². The number of unbranched alkanes of at least 4 members (excludes halogenated alkanes) is 1. The minimum Gasteiger partial charge on any atom is -0.478 e. The number of carboxylic acid groups (broad SMARTS) is 1. The summed E-state index contributed by atoms with van der Waals surface area (Å²) in [5.74, 6) is 0.540. The average Bonchev–Trinajstić information content (AvgIpc) is 2.42. The van der Waals surface area contributed by atoms with E-state index in [1.54, 1.807) is 6.07 Å². The second-order valence-electron chi connectivity index (χ2n) is 6.07. The molecule has 0 unspecified atom stereocenters. The Balaban J connectivity index is 3.03. The van der Waals surface area contributed by atoms with Gasteiger partial charge in [-0.05, 0) is 39.3 Å². The molecule has 1 aromatic heterocycles. The van der Waals surface area contributed by atoms with E-state index in [2.05, 4.69) is 42.6 Å². The molecule has 0 aliphatic heterocycles. The summed E-state index contributed by atoms with van der Waals surface area (Å²) in [5.41, 5.74) is 0.154. The average molecular weight is 291 g/mol. The van der Waals surface area contributed by atoms with E-state index in [1.165, 1.54) is 12.3 Å². The zero-order valence-corrected chi connectivity index (χ0v) is 13.6. The number of rotatable bonds is 5. The van der Waals surface area contributed by atoms with Crippen LogP contribution in [0.2, 0.25) is 0 Å². The van der Waals surface area contributed by atoms with Crippen LogP contribution in [0.1, 0.15) is 57.3 Å². The number of pyridine rings is 1. The summed E-state index contributed by atoms with van der Waals surface area (Å²) in [5, 5.41) is 8.88. The molecule has 0 aliphatic carbocycles. The number of carboxylic acids is 1. The highest BCUT2D eigenvalue weighted by atomic mass is 16.4. The first-order valence-electron chi connectivity index (χ1n) is 7.26. The Morgan fingerprint density at radius 3 is 2.48 bits per heavy atom. The Kier molecular flexibility index (Phi) is 5.88. The molecule has 21 heavy (non-hydrogen) atoms. The van der Waals surface area contributed by atoms with Crippen LogP contribution in [0.15, 0.2) is 23.3 Å². The van der Waals surface area contributed by atoms with Crippen molar-refractivity contribution in [1.82, 2.24) is 9.88 Å². The number of hydrogen-bond acceptors (Lipinski definition) is 3. The third-order valence-corrected chi connectivity index (χ3v) is 3.39. The number of nitrogens with zero attached hydrogens (tertiary/aromatic N) is 3. The van der Waals surface area contributed by atoms with Crippen LogP contribution in [0.3, 0.4) is 0 Å². The molecule has 1 N–H and O–H groups in total. The van der Waals surface area contributed by atoms with Crippen LogP contribution in [0, 0.1) is 0 Å². The fourth-order valence-corrected chi connectivity index (χ4v) is 1.73. The Morgan fingerprint density at radius 2 is 2.05 bits per heavy atom. The van der Waals surface area contributed by atoms with Crippen molar-refractivity contribution in [2.24, 2.45) is 4.99 Å². The molecule has 0 spiro atoms. The van der Waals surface area contributed by atoms with Crippen molar-refractivity contribution in [2.75, 3.05) is 7.05 Å². The number of hydrogen-bond donors (Lipinski definition) is 1. The first kappa shape index (κ1) is 17.1. The van der Waals surface area contributed by atoms with Crippen LogP contribution in [0.25, 0.3) is 0 Å². The van der Waals surface area contributed by atoms with E-state index >= 15 is 0 Å². The predicted molar refractivity (Wildman–Crippen MR) is 85.3 cm³/mol. The lowest BCUT2D eigenvalue weighted by atomic mass is 10.1. The number of carbonyl (C=O) groups is 1. The molecule has 0 atom stereocenters. The first-order valence-corrected chi connectivity index (χ1v) is 7.26. The Bertz CT molecular complexity index is 501. The van der Waals surface area contributed by atoms with Crippen LogP contribution in [-0.2, 0) is 0 Å². The molecular weight excluding hydrogens is 266 g/mol. The van der Waals surface area contributed by atoms with Gasteiger partial charge in [0.15, 0.2) is 5.82 Å². The van der Waals surface area contributed by atoms with Gasteiger partial charge in [0, 0.05) is 25.2 Å². The summed E-state index contributed by atoms with van der Waals surface area (Å²) < 4.78 is 0. The first-order chi connectivity index (χ1) is 9.75. The summed E-state index contributed by atoms with van der Waals surface area (Å²) in [6.45, 7) is 8.55. The van der Waals surface area contributed by atoms with E-state index in [0.717, 1.165) is 25.1 Å². The smallest absolute Gasteiger partial charge is 0.337 e. The van der Waals surface area contributed by atoms with E-state index in [0.29, 0.717) is 5.82 Å². The van der Waals surface area contributed by atoms with Gasteiger partial charge >= 0.3 is 5.97 Å².